The summed E-state index contributed by atoms with van der Waals surface area (Å²) in [7, 11) is 0. The van der Waals surface area contributed by atoms with Crippen molar-refractivity contribution < 1.29 is 4.74 Å². The average Bonchev–Trinajstić information content (AvgIpc) is 2.29. The number of nitrogens with zero attached hydrogens (tertiary/aromatic N) is 2. The van der Waals surface area contributed by atoms with Gasteiger partial charge in [0.25, 0.3) is 0 Å². The average molecular weight is 240 g/mol. The van der Waals surface area contributed by atoms with Crippen molar-refractivity contribution >= 4 is 0 Å². The van der Waals surface area contributed by atoms with Gasteiger partial charge in [-0.15, -0.1) is 0 Å². The summed E-state index contributed by atoms with van der Waals surface area (Å²) < 4.78 is 6.24. The second-order valence-corrected chi connectivity index (χ2v) is 6.40. The zero-order valence-corrected chi connectivity index (χ0v) is 12.0. The number of likely N-dealkylation sites (tertiary alicyclic amines) is 1. The fourth-order valence-electron chi connectivity index (χ4n) is 3.35. The second kappa shape index (κ2) is 4.87. The second-order valence-electron chi connectivity index (χ2n) is 6.40. The fraction of sp³-hybridized carbons (Fsp3) is 1.00. The van der Waals surface area contributed by atoms with Crippen molar-refractivity contribution in [3.8, 4) is 0 Å². The number of ether oxygens (including phenoxy) is 1. The number of rotatable bonds is 1. The van der Waals surface area contributed by atoms with E-state index in [2.05, 4.69) is 37.5 Å². The van der Waals surface area contributed by atoms with E-state index in [0.717, 1.165) is 19.4 Å². The summed E-state index contributed by atoms with van der Waals surface area (Å²) in [4.78, 5) is 5.14. The molecule has 0 aromatic carbocycles. The summed E-state index contributed by atoms with van der Waals surface area (Å²) in [5, 5.41) is 0. The van der Waals surface area contributed by atoms with Crippen LogP contribution in [0.5, 0.6) is 0 Å². The van der Waals surface area contributed by atoms with Crippen molar-refractivity contribution in [3.63, 3.8) is 0 Å². The first-order valence-corrected chi connectivity index (χ1v) is 7.12. The smallest absolute Gasteiger partial charge is 0.124 e. The molecule has 0 aromatic heterocycles. The molecule has 17 heavy (non-hydrogen) atoms. The van der Waals surface area contributed by atoms with Crippen molar-refractivity contribution in [1.82, 2.24) is 9.80 Å². The summed E-state index contributed by atoms with van der Waals surface area (Å²) in [6.07, 6.45) is 3.51. The van der Waals surface area contributed by atoms with Crippen LogP contribution in [0.4, 0.5) is 0 Å². The molecule has 2 aliphatic rings. The van der Waals surface area contributed by atoms with Crippen molar-refractivity contribution in [2.45, 2.75) is 58.2 Å². The Hall–Kier alpha value is -0.120. The molecule has 0 aliphatic carbocycles. The van der Waals surface area contributed by atoms with Gasteiger partial charge >= 0.3 is 0 Å². The molecule has 0 bridgehead atoms. The van der Waals surface area contributed by atoms with E-state index in [-0.39, 0.29) is 11.3 Å². The third kappa shape index (κ3) is 2.67. The van der Waals surface area contributed by atoms with Crippen LogP contribution in [-0.2, 0) is 4.74 Å². The van der Waals surface area contributed by atoms with E-state index >= 15 is 0 Å². The van der Waals surface area contributed by atoms with Crippen molar-refractivity contribution in [1.29, 1.82) is 0 Å². The first kappa shape index (κ1) is 13.3. The van der Waals surface area contributed by atoms with Crippen LogP contribution >= 0.6 is 0 Å². The third-order valence-electron chi connectivity index (χ3n) is 4.28. The largest absolute Gasteiger partial charge is 0.360 e. The molecule has 0 amide bonds. The van der Waals surface area contributed by atoms with Crippen molar-refractivity contribution in [2.24, 2.45) is 0 Å². The Kier molecular flexibility index (Phi) is 3.81. The predicted octanol–water partition coefficient (Wildman–Crippen LogP) is 2.32. The lowest BCUT2D eigenvalue weighted by atomic mass is 9.91. The Morgan fingerprint density at radius 2 is 1.76 bits per heavy atom. The van der Waals surface area contributed by atoms with Crippen LogP contribution in [0.15, 0.2) is 0 Å². The van der Waals surface area contributed by atoms with Crippen molar-refractivity contribution in [2.75, 3.05) is 32.8 Å². The highest BCUT2D eigenvalue weighted by Gasteiger charge is 2.46. The van der Waals surface area contributed by atoms with E-state index in [4.69, 9.17) is 4.74 Å². The fourth-order valence-corrected chi connectivity index (χ4v) is 3.35. The van der Waals surface area contributed by atoms with Gasteiger partial charge in [-0.3, -0.25) is 4.90 Å². The summed E-state index contributed by atoms with van der Waals surface area (Å²) in [5.41, 5.74) is 0.247. The molecule has 3 nitrogen and oxygen atoms in total. The van der Waals surface area contributed by atoms with E-state index in [1.807, 2.05) is 0 Å². The lowest BCUT2D eigenvalue weighted by molar-refractivity contribution is -0.233. The molecule has 2 heterocycles. The molecular weight excluding hydrogens is 212 g/mol. The number of piperidine rings is 1. The molecule has 2 rings (SSSR count). The van der Waals surface area contributed by atoms with Crippen LogP contribution in [0.25, 0.3) is 0 Å². The molecule has 2 aliphatic heterocycles. The highest BCUT2D eigenvalue weighted by molar-refractivity contribution is 4.95. The van der Waals surface area contributed by atoms with Crippen LogP contribution in [-0.4, -0.2) is 53.8 Å². The quantitative estimate of drug-likeness (QED) is 0.699. The van der Waals surface area contributed by atoms with Crippen LogP contribution in [0.1, 0.15) is 47.0 Å². The van der Waals surface area contributed by atoms with E-state index in [1.54, 1.807) is 0 Å². The van der Waals surface area contributed by atoms with Gasteiger partial charge in [0.15, 0.2) is 0 Å². The molecule has 0 N–H and O–H groups in total. The van der Waals surface area contributed by atoms with Gasteiger partial charge in [-0.05, 0) is 33.7 Å². The minimum absolute atomic E-state index is 0.0299. The summed E-state index contributed by atoms with van der Waals surface area (Å²) in [6, 6.07) is 0. The van der Waals surface area contributed by atoms with E-state index < -0.39 is 0 Å². The lowest BCUT2D eigenvalue weighted by Gasteiger charge is -2.55. The summed E-state index contributed by atoms with van der Waals surface area (Å²) in [6.45, 7) is 14.9. The zero-order chi connectivity index (χ0) is 12.5. The monoisotopic (exact) mass is 240 g/mol. The Balaban J connectivity index is 2.11. The molecule has 2 saturated heterocycles. The Morgan fingerprint density at radius 3 is 2.29 bits per heavy atom. The van der Waals surface area contributed by atoms with Gasteiger partial charge in [0.05, 0.1) is 6.61 Å². The highest BCUT2D eigenvalue weighted by atomic mass is 16.5. The predicted molar refractivity (Wildman–Crippen MR) is 71.1 cm³/mol. The first-order valence-electron chi connectivity index (χ1n) is 7.12. The zero-order valence-electron chi connectivity index (χ0n) is 12.0. The third-order valence-corrected chi connectivity index (χ3v) is 4.28. The summed E-state index contributed by atoms with van der Waals surface area (Å²) in [5.74, 6) is 0. The van der Waals surface area contributed by atoms with Crippen LogP contribution < -0.4 is 0 Å². The minimum Gasteiger partial charge on any atom is -0.360 e. The highest BCUT2D eigenvalue weighted by Crippen LogP contribution is 2.37. The molecular formula is C14H28N2O. The van der Waals surface area contributed by atoms with Gasteiger partial charge in [0.1, 0.15) is 5.72 Å². The van der Waals surface area contributed by atoms with Gasteiger partial charge < -0.3 is 9.64 Å². The molecule has 100 valence electrons. The van der Waals surface area contributed by atoms with Gasteiger partial charge in [0.2, 0.25) is 0 Å². The van der Waals surface area contributed by atoms with Crippen molar-refractivity contribution in [3.05, 3.63) is 0 Å². The van der Waals surface area contributed by atoms with E-state index in [0.29, 0.717) is 0 Å². The minimum atomic E-state index is 0.0299. The van der Waals surface area contributed by atoms with Gasteiger partial charge in [0, 0.05) is 38.0 Å². The summed E-state index contributed by atoms with van der Waals surface area (Å²) >= 11 is 0. The maximum Gasteiger partial charge on any atom is 0.124 e. The lowest BCUT2D eigenvalue weighted by Crippen LogP contribution is -2.64. The van der Waals surface area contributed by atoms with E-state index in [1.165, 1.54) is 32.6 Å². The Bertz CT molecular complexity index is 251. The molecule has 0 unspecified atom stereocenters. The maximum atomic E-state index is 6.24. The SMILES string of the molecule is CCN1CCC2(CC1)OCCCN2C(C)(C)C. The molecule has 3 heteroatoms. The number of hydrogen-bond donors (Lipinski definition) is 0. The van der Waals surface area contributed by atoms with Crippen LogP contribution in [0.3, 0.4) is 0 Å². The van der Waals surface area contributed by atoms with E-state index in [9.17, 15) is 0 Å². The first-order chi connectivity index (χ1) is 7.98. The topological polar surface area (TPSA) is 15.7 Å². The molecule has 2 fully saturated rings. The molecule has 0 atom stereocenters. The molecule has 0 radical (unpaired) electrons. The van der Waals surface area contributed by atoms with Gasteiger partial charge in [-0.2, -0.15) is 0 Å². The Morgan fingerprint density at radius 1 is 1.12 bits per heavy atom. The van der Waals surface area contributed by atoms with Crippen LogP contribution in [0.2, 0.25) is 0 Å². The normalized spacial score (nSPS) is 27.5. The molecule has 1 spiro atoms. The molecule has 0 aromatic rings. The maximum absolute atomic E-state index is 6.24. The van der Waals surface area contributed by atoms with Crippen LogP contribution in [0, 0.1) is 0 Å². The van der Waals surface area contributed by atoms with Gasteiger partial charge in [-0.1, -0.05) is 6.92 Å². The standard InChI is InChI=1S/C14H28N2O/c1-5-15-10-7-14(8-11-15)16(13(2,3)4)9-6-12-17-14/h5-12H2,1-4H3. The Labute approximate surface area is 106 Å². The molecule has 0 saturated carbocycles. The van der Waals surface area contributed by atoms with Gasteiger partial charge in [-0.25, -0.2) is 0 Å². The number of hydrogen-bond acceptors (Lipinski definition) is 3.